The second kappa shape index (κ2) is 6.04. The van der Waals surface area contributed by atoms with E-state index in [1.165, 1.54) is 18.2 Å². The number of carbonyl (C=O) groups is 1. The molecule has 0 saturated carbocycles. The van der Waals surface area contributed by atoms with Crippen LogP contribution in [-0.2, 0) is 6.42 Å². The highest BCUT2D eigenvalue weighted by atomic mass is 79.9. The van der Waals surface area contributed by atoms with E-state index in [-0.39, 0.29) is 12.2 Å². The first kappa shape index (κ1) is 14.5. The molecule has 0 saturated heterocycles. The molecule has 0 aliphatic rings. The maximum absolute atomic E-state index is 13.0. The van der Waals surface area contributed by atoms with Gasteiger partial charge >= 0.3 is 0 Å². The highest BCUT2D eigenvalue weighted by molar-refractivity contribution is 9.10. The lowest BCUT2D eigenvalue weighted by Gasteiger charge is -2.07. The summed E-state index contributed by atoms with van der Waals surface area (Å²) in [5.74, 6) is -0.582. The van der Waals surface area contributed by atoms with Gasteiger partial charge in [-0.3, -0.25) is 4.79 Å². The van der Waals surface area contributed by atoms with Gasteiger partial charge in [-0.2, -0.15) is 0 Å². The number of halogens is 4. The summed E-state index contributed by atoms with van der Waals surface area (Å²) in [6.45, 7) is 0. The van der Waals surface area contributed by atoms with Crippen molar-refractivity contribution in [2.75, 3.05) is 0 Å². The van der Waals surface area contributed by atoms with Crippen molar-refractivity contribution < 1.29 is 9.18 Å². The van der Waals surface area contributed by atoms with Crippen LogP contribution in [0.25, 0.3) is 0 Å². The summed E-state index contributed by atoms with van der Waals surface area (Å²) in [4.78, 5) is 12.2. The van der Waals surface area contributed by atoms with Gasteiger partial charge in [0.1, 0.15) is 5.82 Å². The van der Waals surface area contributed by atoms with Crippen molar-refractivity contribution >= 4 is 44.9 Å². The standard InChI is InChI=1S/C14H8BrCl2FO/c15-11-6-8(18)4-5-9(11)14(19)7-10-12(16)2-1-3-13(10)17/h1-6H,7H2. The molecule has 0 aromatic heterocycles. The molecule has 0 fully saturated rings. The third kappa shape index (κ3) is 3.35. The van der Waals surface area contributed by atoms with Crippen LogP contribution in [-0.4, -0.2) is 5.78 Å². The molecular formula is C14H8BrCl2FO. The molecule has 98 valence electrons. The molecule has 0 heterocycles. The molecule has 0 aliphatic carbocycles. The Morgan fingerprint density at radius 2 is 1.79 bits per heavy atom. The fourth-order valence-corrected chi connectivity index (χ4v) is 2.78. The van der Waals surface area contributed by atoms with Gasteiger partial charge < -0.3 is 0 Å². The maximum atomic E-state index is 13.0. The smallest absolute Gasteiger partial charge is 0.168 e. The summed E-state index contributed by atoms with van der Waals surface area (Å²) in [6.07, 6.45) is 0.0722. The zero-order valence-electron chi connectivity index (χ0n) is 9.59. The second-order valence-corrected chi connectivity index (χ2v) is 5.59. The topological polar surface area (TPSA) is 17.1 Å². The molecule has 0 bridgehead atoms. The Kier molecular flexibility index (Phi) is 4.61. The van der Waals surface area contributed by atoms with Gasteiger partial charge in [0.25, 0.3) is 0 Å². The van der Waals surface area contributed by atoms with Gasteiger partial charge in [0.05, 0.1) is 0 Å². The van der Waals surface area contributed by atoms with Crippen molar-refractivity contribution in [1.82, 2.24) is 0 Å². The maximum Gasteiger partial charge on any atom is 0.168 e. The van der Waals surface area contributed by atoms with E-state index in [1.54, 1.807) is 18.2 Å². The minimum Gasteiger partial charge on any atom is -0.294 e. The molecule has 2 aromatic rings. The molecule has 19 heavy (non-hydrogen) atoms. The normalized spacial score (nSPS) is 10.5. The van der Waals surface area contributed by atoms with Crippen LogP contribution in [0.15, 0.2) is 40.9 Å². The third-order valence-electron chi connectivity index (χ3n) is 2.63. The predicted octanol–water partition coefficient (Wildman–Crippen LogP) is 5.32. The van der Waals surface area contributed by atoms with Crippen LogP contribution < -0.4 is 0 Å². The van der Waals surface area contributed by atoms with Crippen LogP contribution in [0.1, 0.15) is 15.9 Å². The second-order valence-electron chi connectivity index (χ2n) is 3.92. The minimum absolute atomic E-state index is 0.0722. The first-order valence-electron chi connectivity index (χ1n) is 5.40. The highest BCUT2D eigenvalue weighted by Crippen LogP contribution is 2.27. The Hall–Kier alpha value is -0.900. The van der Waals surface area contributed by atoms with Crippen molar-refractivity contribution in [2.24, 2.45) is 0 Å². The third-order valence-corrected chi connectivity index (χ3v) is 3.99. The van der Waals surface area contributed by atoms with Crippen molar-refractivity contribution in [2.45, 2.75) is 6.42 Å². The van der Waals surface area contributed by atoms with Crippen molar-refractivity contribution in [3.63, 3.8) is 0 Å². The zero-order chi connectivity index (χ0) is 14.0. The number of benzene rings is 2. The van der Waals surface area contributed by atoms with Crippen LogP contribution in [0.3, 0.4) is 0 Å². The Morgan fingerprint density at radius 1 is 1.16 bits per heavy atom. The summed E-state index contributed by atoms with van der Waals surface area (Å²) >= 11 is 15.2. The van der Waals surface area contributed by atoms with E-state index in [9.17, 15) is 9.18 Å². The summed E-state index contributed by atoms with van der Waals surface area (Å²) in [7, 11) is 0. The molecule has 5 heteroatoms. The largest absolute Gasteiger partial charge is 0.294 e. The van der Waals surface area contributed by atoms with E-state index >= 15 is 0 Å². The van der Waals surface area contributed by atoms with E-state index in [2.05, 4.69) is 15.9 Å². The fourth-order valence-electron chi connectivity index (χ4n) is 1.67. The lowest BCUT2D eigenvalue weighted by atomic mass is 10.0. The molecule has 0 unspecified atom stereocenters. The van der Waals surface area contributed by atoms with Gasteiger partial charge in [-0.15, -0.1) is 0 Å². The number of hydrogen-bond acceptors (Lipinski definition) is 1. The summed E-state index contributed by atoms with van der Waals surface area (Å²) in [6, 6.07) is 9.00. The van der Waals surface area contributed by atoms with Crippen LogP contribution in [0, 0.1) is 5.82 Å². The van der Waals surface area contributed by atoms with Crippen LogP contribution >= 0.6 is 39.1 Å². The Labute approximate surface area is 128 Å². The molecule has 2 rings (SSSR count). The number of hydrogen-bond donors (Lipinski definition) is 0. The monoisotopic (exact) mass is 360 g/mol. The quantitative estimate of drug-likeness (QED) is 0.676. The van der Waals surface area contributed by atoms with Crippen LogP contribution in [0.2, 0.25) is 10.0 Å². The van der Waals surface area contributed by atoms with Gasteiger partial charge in [0.15, 0.2) is 5.78 Å². The fraction of sp³-hybridized carbons (Fsp3) is 0.0714. The van der Waals surface area contributed by atoms with Crippen molar-refractivity contribution in [1.29, 1.82) is 0 Å². The van der Waals surface area contributed by atoms with Crippen molar-refractivity contribution in [3.8, 4) is 0 Å². The Morgan fingerprint density at radius 3 is 2.37 bits per heavy atom. The molecule has 0 aliphatic heterocycles. The highest BCUT2D eigenvalue weighted by Gasteiger charge is 2.15. The Bertz CT molecular complexity index is 623. The number of carbonyl (C=O) groups excluding carboxylic acids is 1. The predicted molar refractivity (Wildman–Crippen MR) is 78.6 cm³/mol. The summed E-state index contributed by atoms with van der Waals surface area (Å²) in [5, 5.41) is 0.887. The zero-order valence-corrected chi connectivity index (χ0v) is 12.7. The Balaban J connectivity index is 2.31. The molecule has 0 radical (unpaired) electrons. The lowest BCUT2D eigenvalue weighted by molar-refractivity contribution is 0.0992. The van der Waals surface area contributed by atoms with Gasteiger partial charge in [-0.25, -0.2) is 4.39 Å². The number of ketones is 1. The summed E-state index contributed by atoms with van der Waals surface area (Å²) < 4.78 is 13.4. The first-order chi connectivity index (χ1) is 8.99. The van der Waals surface area contributed by atoms with E-state index in [0.29, 0.717) is 25.6 Å². The molecular weight excluding hydrogens is 354 g/mol. The average molecular weight is 362 g/mol. The number of Topliss-reactive ketones (excluding diaryl/α,β-unsaturated/α-hetero) is 1. The van der Waals surface area contributed by atoms with Gasteiger partial charge in [0.2, 0.25) is 0 Å². The van der Waals surface area contributed by atoms with Crippen LogP contribution in [0.4, 0.5) is 4.39 Å². The van der Waals surface area contributed by atoms with E-state index < -0.39 is 5.82 Å². The van der Waals surface area contributed by atoms with Gasteiger partial charge in [-0.05, 0) is 51.8 Å². The molecule has 0 spiro atoms. The van der Waals surface area contributed by atoms with Gasteiger partial charge in [0, 0.05) is 26.5 Å². The molecule has 0 N–H and O–H groups in total. The molecule has 2 aromatic carbocycles. The average Bonchev–Trinajstić information content (AvgIpc) is 2.33. The molecule has 0 atom stereocenters. The van der Waals surface area contributed by atoms with Crippen molar-refractivity contribution in [3.05, 3.63) is 67.9 Å². The van der Waals surface area contributed by atoms with E-state index in [0.717, 1.165) is 0 Å². The summed E-state index contributed by atoms with van der Waals surface area (Å²) in [5.41, 5.74) is 0.976. The first-order valence-corrected chi connectivity index (χ1v) is 6.95. The van der Waals surface area contributed by atoms with Gasteiger partial charge in [-0.1, -0.05) is 29.3 Å². The van der Waals surface area contributed by atoms with E-state index in [1.807, 2.05) is 0 Å². The lowest BCUT2D eigenvalue weighted by Crippen LogP contribution is -2.05. The molecule has 1 nitrogen and oxygen atoms in total. The SMILES string of the molecule is O=C(Cc1c(Cl)cccc1Cl)c1ccc(F)cc1Br. The molecule has 0 amide bonds. The van der Waals surface area contributed by atoms with Crippen LogP contribution in [0.5, 0.6) is 0 Å². The minimum atomic E-state index is -0.404. The van der Waals surface area contributed by atoms with E-state index in [4.69, 9.17) is 23.2 Å². The number of rotatable bonds is 3.